The van der Waals surface area contributed by atoms with Gasteiger partial charge in [0.25, 0.3) is 0 Å². The molecule has 1 aliphatic heterocycles. The number of hydrogen-bond donors (Lipinski definition) is 1. The van der Waals surface area contributed by atoms with E-state index in [0.29, 0.717) is 6.04 Å². The lowest BCUT2D eigenvalue weighted by molar-refractivity contribution is 0.0762. The topological polar surface area (TPSA) is 38.5 Å². The van der Waals surface area contributed by atoms with Gasteiger partial charge in [0, 0.05) is 32.3 Å². The lowest BCUT2D eigenvalue weighted by atomic mass is 9.87. The van der Waals surface area contributed by atoms with Crippen LogP contribution in [0.3, 0.4) is 0 Å². The zero-order chi connectivity index (χ0) is 11.8. The molecule has 0 aromatic rings. The summed E-state index contributed by atoms with van der Waals surface area (Å²) in [5, 5.41) is 0. The molecule has 2 atom stereocenters. The average molecular weight is 228 g/mol. The van der Waals surface area contributed by atoms with Crippen LogP contribution in [0.15, 0.2) is 0 Å². The number of rotatable bonds is 7. The molecule has 1 rings (SSSR count). The molecule has 1 fully saturated rings. The Labute approximate surface area is 100 Å². The molecule has 0 spiro atoms. The first-order valence-corrected chi connectivity index (χ1v) is 6.85. The van der Waals surface area contributed by atoms with E-state index in [1.165, 1.54) is 25.8 Å². The Hall–Kier alpha value is -0.120. The average Bonchev–Trinajstić information content (AvgIpc) is 2.34. The summed E-state index contributed by atoms with van der Waals surface area (Å²) >= 11 is 0. The molecule has 1 heterocycles. The van der Waals surface area contributed by atoms with Crippen LogP contribution >= 0.6 is 0 Å². The third kappa shape index (κ3) is 4.04. The summed E-state index contributed by atoms with van der Waals surface area (Å²) in [5.74, 6) is 0.811. The predicted molar refractivity (Wildman–Crippen MR) is 68.5 cm³/mol. The van der Waals surface area contributed by atoms with E-state index in [-0.39, 0.29) is 0 Å². The van der Waals surface area contributed by atoms with Gasteiger partial charge in [0.05, 0.1) is 0 Å². The zero-order valence-electron chi connectivity index (χ0n) is 11.0. The molecule has 96 valence electrons. The van der Waals surface area contributed by atoms with E-state index in [4.69, 9.17) is 10.5 Å². The summed E-state index contributed by atoms with van der Waals surface area (Å²) in [6, 6.07) is 0.611. The highest BCUT2D eigenvalue weighted by Crippen LogP contribution is 2.25. The van der Waals surface area contributed by atoms with E-state index in [9.17, 15) is 0 Å². The van der Waals surface area contributed by atoms with E-state index in [1.54, 1.807) is 0 Å². The van der Waals surface area contributed by atoms with Gasteiger partial charge in [0.15, 0.2) is 0 Å². The number of nitrogens with two attached hydrogens (primary N) is 1. The smallest absolute Gasteiger partial charge is 0.0478 e. The van der Waals surface area contributed by atoms with Crippen LogP contribution in [0, 0.1) is 5.92 Å². The van der Waals surface area contributed by atoms with Gasteiger partial charge < -0.3 is 10.5 Å². The Balaban J connectivity index is 2.31. The van der Waals surface area contributed by atoms with Crippen molar-refractivity contribution in [3.05, 3.63) is 0 Å². The van der Waals surface area contributed by atoms with Crippen LogP contribution in [0.5, 0.6) is 0 Å². The summed E-state index contributed by atoms with van der Waals surface area (Å²) in [7, 11) is 0. The minimum absolute atomic E-state index is 0.611. The molecule has 0 saturated carbocycles. The largest absolute Gasteiger partial charge is 0.382 e. The highest BCUT2D eigenvalue weighted by Gasteiger charge is 2.28. The number of likely N-dealkylation sites (tertiary alicyclic amines) is 1. The summed E-state index contributed by atoms with van der Waals surface area (Å²) in [4.78, 5) is 2.58. The molecule has 0 amide bonds. The standard InChI is InChI=1S/C13H28N2O/c1-3-12-7-5-8-15(13(12)11-14)9-6-10-16-4-2/h12-13H,3-11,14H2,1-2H3. The first-order chi connectivity index (χ1) is 7.83. The molecule has 1 saturated heterocycles. The maximum Gasteiger partial charge on any atom is 0.0478 e. The van der Waals surface area contributed by atoms with Gasteiger partial charge in [-0.2, -0.15) is 0 Å². The molecule has 2 unspecified atom stereocenters. The summed E-state index contributed by atoms with van der Waals surface area (Å²) < 4.78 is 5.39. The van der Waals surface area contributed by atoms with Gasteiger partial charge in [-0.15, -0.1) is 0 Å². The van der Waals surface area contributed by atoms with Gasteiger partial charge in [0.2, 0.25) is 0 Å². The SMILES string of the molecule is CCOCCCN1CCCC(CC)C1CN. The molecule has 2 N–H and O–H groups in total. The maximum absolute atomic E-state index is 5.92. The van der Waals surface area contributed by atoms with E-state index < -0.39 is 0 Å². The second-order valence-corrected chi connectivity index (χ2v) is 4.70. The lowest BCUT2D eigenvalue weighted by Gasteiger charge is -2.40. The quantitative estimate of drug-likeness (QED) is 0.676. The number of hydrogen-bond acceptors (Lipinski definition) is 3. The minimum atomic E-state index is 0.611. The Bertz CT molecular complexity index is 175. The second-order valence-electron chi connectivity index (χ2n) is 4.70. The van der Waals surface area contributed by atoms with Crippen molar-refractivity contribution in [1.82, 2.24) is 4.90 Å². The monoisotopic (exact) mass is 228 g/mol. The Morgan fingerprint density at radius 2 is 2.19 bits per heavy atom. The highest BCUT2D eigenvalue weighted by molar-refractivity contribution is 4.84. The summed E-state index contributed by atoms with van der Waals surface area (Å²) in [6.07, 6.45) is 5.11. The summed E-state index contributed by atoms with van der Waals surface area (Å²) in [5.41, 5.74) is 5.92. The van der Waals surface area contributed by atoms with Crippen LogP contribution in [-0.4, -0.2) is 43.8 Å². The molecule has 0 bridgehead atoms. The Kier molecular flexibility index (Phi) is 7.01. The van der Waals surface area contributed by atoms with Gasteiger partial charge in [-0.25, -0.2) is 0 Å². The molecule has 0 aromatic heterocycles. The van der Waals surface area contributed by atoms with Crippen molar-refractivity contribution in [3.63, 3.8) is 0 Å². The number of piperidine rings is 1. The van der Waals surface area contributed by atoms with Gasteiger partial charge >= 0.3 is 0 Å². The van der Waals surface area contributed by atoms with Crippen molar-refractivity contribution >= 4 is 0 Å². The molecule has 3 heteroatoms. The fourth-order valence-electron chi connectivity index (χ4n) is 2.82. The van der Waals surface area contributed by atoms with Crippen LogP contribution < -0.4 is 5.73 Å². The lowest BCUT2D eigenvalue weighted by Crippen LogP contribution is -2.49. The molecule has 16 heavy (non-hydrogen) atoms. The Morgan fingerprint density at radius 3 is 2.81 bits per heavy atom. The van der Waals surface area contributed by atoms with Crippen molar-refractivity contribution < 1.29 is 4.74 Å². The van der Waals surface area contributed by atoms with Crippen LogP contribution in [0.1, 0.15) is 39.5 Å². The highest BCUT2D eigenvalue weighted by atomic mass is 16.5. The molecule has 1 aliphatic rings. The third-order valence-electron chi connectivity index (χ3n) is 3.74. The van der Waals surface area contributed by atoms with Crippen molar-refractivity contribution in [2.45, 2.75) is 45.6 Å². The first kappa shape index (κ1) is 13.9. The van der Waals surface area contributed by atoms with E-state index in [1.807, 2.05) is 0 Å². The van der Waals surface area contributed by atoms with Gasteiger partial charge in [-0.05, 0) is 38.6 Å². The zero-order valence-corrected chi connectivity index (χ0v) is 11.0. The molecule has 0 radical (unpaired) electrons. The van der Waals surface area contributed by atoms with Gasteiger partial charge in [-0.1, -0.05) is 13.3 Å². The first-order valence-electron chi connectivity index (χ1n) is 6.85. The fourth-order valence-corrected chi connectivity index (χ4v) is 2.82. The molecule has 0 aliphatic carbocycles. The molecular formula is C13H28N2O. The van der Waals surface area contributed by atoms with E-state index in [2.05, 4.69) is 18.7 Å². The molecular weight excluding hydrogens is 200 g/mol. The second kappa shape index (κ2) is 8.04. The van der Waals surface area contributed by atoms with E-state index >= 15 is 0 Å². The normalized spacial score (nSPS) is 27.2. The van der Waals surface area contributed by atoms with Crippen molar-refractivity contribution in [2.24, 2.45) is 11.7 Å². The van der Waals surface area contributed by atoms with Gasteiger partial charge in [-0.3, -0.25) is 4.90 Å². The van der Waals surface area contributed by atoms with Crippen molar-refractivity contribution in [3.8, 4) is 0 Å². The van der Waals surface area contributed by atoms with Crippen LogP contribution in [0.2, 0.25) is 0 Å². The van der Waals surface area contributed by atoms with Crippen molar-refractivity contribution in [2.75, 3.05) is 32.8 Å². The van der Waals surface area contributed by atoms with Gasteiger partial charge in [0.1, 0.15) is 0 Å². The third-order valence-corrected chi connectivity index (χ3v) is 3.74. The Morgan fingerprint density at radius 1 is 1.38 bits per heavy atom. The maximum atomic E-state index is 5.92. The number of ether oxygens (including phenoxy) is 1. The summed E-state index contributed by atoms with van der Waals surface area (Å²) in [6.45, 7) is 9.25. The predicted octanol–water partition coefficient (Wildman–Crippen LogP) is 1.86. The minimum Gasteiger partial charge on any atom is -0.382 e. The molecule has 0 aromatic carbocycles. The van der Waals surface area contributed by atoms with Crippen LogP contribution in [0.4, 0.5) is 0 Å². The van der Waals surface area contributed by atoms with E-state index in [0.717, 1.165) is 38.6 Å². The van der Waals surface area contributed by atoms with Crippen LogP contribution in [0.25, 0.3) is 0 Å². The van der Waals surface area contributed by atoms with Crippen molar-refractivity contribution in [1.29, 1.82) is 0 Å². The van der Waals surface area contributed by atoms with Crippen LogP contribution in [-0.2, 0) is 4.74 Å². The molecule has 3 nitrogen and oxygen atoms in total. The fraction of sp³-hybridized carbons (Fsp3) is 1.00. The number of nitrogens with zero attached hydrogens (tertiary/aromatic N) is 1.